The van der Waals surface area contributed by atoms with E-state index in [4.69, 9.17) is 18.9 Å². The average Bonchev–Trinajstić information content (AvgIpc) is 3.43. The molecule has 2 fully saturated rings. The number of ether oxygens (including phenoxy) is 2. The number of rotatable bonds is 3. The van der Waals surface area contributed by atoms with Crippen LogP contribution in [0.1, 0.15) is 40.0 Å². The first kappa shape index (κ1) is 17.7. The zero-order valence-corrected chi connectivity index (χ0v) is 15.9. The summed E-state index contributed by atoms with van der Waals surface area (Å²) in [4.78, 5) is 22.2. The zero-order valence-electron chi connectivity index (χ0n) is 15.9. The number of anilines is 1. The number of benzene rings is 1. The maximum Gasteiger partial charge on any atom is 0.256 e. The zero-order chi connectivity index (χ0) is 18.9. The molecule has 0 saturated carbocycles. The highest BCUT2D eigenvalue weighted by Crippen LogP contribution is 2.30. The van der Waals surface area contributed by atoms with Gasteiger partial charge >= 0.3 is 0 Å². The minimum atomic E-state index is 0.0569. The Kier molecular flexibility index (Phi) is 4.78. The molecule has 7 heteroatoms. The molecule has 3 aliphatic rings. The molecule has 1 aromatic carbocycles. The van der Waals surface area contributed by atoms with Crippen molar-refractivity contribution >= 4 is 11.6 Å². The second-order valence-corrected chi connectivity index (χ2v) is 7.58. The SMILES string of the molecule is O=C(c1ccccc1N1CCOCC1)N1CCc2oc(C3CCOC3)nc2C1. The summed E-state index contributed by atoms with van der Waals surface area (Å²) in [5, 5.41) is 0. The number of amides is 1. The van der Waals surface area contributed by atoms with Gasteiger partial charge in [-0.05, 0) is 18.6 Å². The van der Waals surface area contributed by atoms with Gasteiger partial charge in [-0.1, -0.05) is 12.1 Å². The number of hydrogen-bond acceptors (Lipinski definition) is 6. The second-order valence-electron chi connectivity index (χ2n) is 7.58. The van der Waals surface area contributed by atoms with E-state index in [0.29, 0.717) is 39.3 Å². The van der Waals surface area contributed by atoms with E-state index in [-0.39, 0.29) is 11.8 Å². The largest absolute Gasteiger partial charge is 0.445 e. The Hall–Kier alpha value is -2.38. The van der Waals surface area contributed by atoms with Crippen LogP contribution in [0.4, 0.5) is 5.69 Å². The van der Waals surface area contributed by atoms with Crippen LogP contribution in [-0.2, 0) is 22.4 Å². The molecule has 2 aromatic rings. The fourth-order valence-electron chi connectivity index (χ4n) is 4.20. The minimum absolute atomic E-state index is 0.0569. The van der Waals surface area contributed by atoms with Crippen LogP contribution in [0.3, 0.4) is 0 Å². The molecule has 5 rings (SSSR count). The smallest absolute Gasteiger partial charge is 0.256 e. The molecule has 0 N–H and O–H groups in total. The van der Waals surface area contributed by atoms with Crippen LogP contribution >= 0.6 is 0 Å². The number of morpholine rings is 1. The van der Waals surface area contributed by atoms with E-state index in [2.05, 4.69) is 4.90 Å². The highest BCUT2D eigenvalue weighted by atomic mass is 16.5. The molecule has 0 spiro atoms. The van der Waals surface area contributed by atoms with E-state index in [1.807, 2.05) is 29.2 Å². The highest BCUT2D eigenvalue weighted by Gasteiger charge is 2.31. The van der Waals surface area contributed by atoms with E-state index in [1.165, 1.54) is 0 Å². The second kappa shape index (κ2) is 7.56. The molecule has 7 nitrogen and oxygen atoms in total. The van der Waals surface area contributed by atoms with Gasteiger partial charge in [0.15, 0.2) is 5.89 Å². The molecule has 3 aliphatic heterocycles. The van der Waals surface area contributed by atoms with Gasteiger partial charge in [-0.2, -0.15) is 0 Å². The van der Waals surface area contributed by atoms with Crippen molar-refractivity contribution in [2.24, 2.45) is 0 Å². The van der Waals surface area contributed by atoms with Crippen molar-refractivity contribution < 1.29 is 18.7 Å². The highest BCUT2D eigenvalue weighted by molar-refractivity contribution is 6.00. The minimum Gasteiger partial charge on any atom is -0.445 e. The molecule has 0 bridgehead atoms. The molecular weight excluding hydrogens is 358 g/mol. The van der Waals surface area contributed by atoms with Crippen molar-refractivity contribution in [2.45, 2.75) is 25.3 Å². The lowest BCUT2D eigenvalue weighted by Gasteiger charge is -2.32. The van der Waals surface area contributed by atoms with Crippen LogP contribution in [0.5, 0.6) is 0 Å². The Labute approximate surface area is 164 Å². The van der Waals surface area contributed by atoms with Gasteiger partial charge in [0.05, 0.1) is 37.8 Å². The first-order valence-electron chi connectivity index (χ1n) is 10.1. The number of hydrogen-bond donors (Lipinski definition) is 0. The standard InChI is InChI=1S/C21H25N3O4/c25-21(16-3-1-2-4-18(16)23-8-11-26-12-9-23)24-7-5-19-17(13-24)22-20(28-19)15-6-10-27-14-15/h1-4,15H,5-14H2. The van der Waals surface area contributed by atoms with Gasteiger partial charge in [0, 0.05) is 38.3 Å². The molecule has 1 unspecified atom stereocenters. The van der Waals surface area contributed by atoms with Crippen molar-refractivity contribution in [3.8, 4) is 0 Å². The third kappa shape index (κ3) is 3.29. The van der Waals surface area contributed by atoms with Gasteiger partial charge in [0.25, 0.3) is 5.91 Å². The van der Waals surface area contributed by atoms with Gasteiger partial charge in [-0.25, -0.2) is 4.98 Å². The summed E-state index contributed by atoms with van der Waals surface area (Å²) >= 11 is 0. The van der Waals surface area contributed by atoms with Crippen LogP contribution in [0.25, 0.3) is 0 Å². The quantitative estimate of drug-likeness (QED) is 0.810. The summed E-state index contributed by atoms with van der Waals surface area (Å²) in [5.41, 5.74) is 2.64. The monoisotopic (exact) mass is 383 g/mol. The van der Waals surface area contributed by atoms with Crippen molar-refractivity contribution in [1.29, 1.82) is 0 Å². The van der Waals surface area contributed by atoms with Crippen LogP contribution in [-0.4, -0.2) is 61.9 Å². The van der Waals surface area contributed by atoms with Gasteiger partial charge < -0.3 is 23.7 Å². The Balaban J connectivity index is 1.36. The number of para-hydroxylation sites is 1. The molecular formula is C21H25N3O4. The van der Waals surface area contributed by atoms with Crippen LogP contribution in [0, 0.1) is 0 Å². The van der Waals surface area contributed by atoms with E-state index in [1.54, 1.807) is 0 Å². The summed E-state index contributed by atoms with van der Waals surface area (Å²) in [5.74, 6) is 2.00. The first-order chi connectivity index (χ1) is 13.8. The normalized spacial score (nSPS) is 22.4. The van der Waals surface area contributed by atoms with Gasteiger partial charge in [0.2, 0.25) is 0 Å². The molecule has 148 valence electrons. The molecule has 1 atom stereocenters. The van der Waals surface area contributed by atoms with Gasteiger partial charge in [-0.15, -0.1) is 0 Å². The van der Waals surface area contributed by atoms with E-state index >= 15 is 0 Å². The lowest BCUT2D eigenvalue weighted by atomic mass is 10.1. The van der Waals surface area contributed by atoms with Gasteiger partial charge in [0.1, 0.15) is 11.5 Å². The number of nitrogens with zero attached hydrogens (tertiary/aromatic N) is 3. The van der Waals surface area contributed by atoms with Crippen molar-refractivity contribution in [3.05, 3.63) is 47.2 Å². The molecule has 0 aliphatic carbocycles. The predicted octanol–water partition coefficient (Wildman–Crippen LogP) is 2.21. The number of carbonyl (C=O) groups excluding carboxylic acids is 1. The van der Waals surface area contributed by atoms with Crippen LogP contribution < -0.4 is 4.90 Å². The number of oxazole rings is 1. The third-order valence-corrected chi connectivity index (χ3v) is 5.80. The molecule has 1 aromatic heterocycles. The molecule has 0 radical (unpaired) electrons. The topological polar surface area (TPSA) is 68.0 Å². The first-order valence-corrected chi connectivity index (χ1v) is 10.1. The fraction of sp³-hybridized carbons (Fsp3) is 0.524. The van der Waals surface area contributed by atoms with Crippen molar-refractivity contribution in [3.63, 3.8) is 0 Å². The summed E-state index contributed by atoms with van der Waals surface area (Å²) < 4.78 is 16.9. The summed E-state index contributed by atoms with van der Waals surface area (Å²) in [6, 6.07) is 7.87. The Morgan fingerprint density at radius 1 is 1.07 bits per heavy atom. The Morgan fingerprint density at radius 3 is 2.75 bits per heavy atom. The lowest BCUT2D eigenvalue weighted by molar-refractivity contribution is 0.0727. The molecule has 2 saturated heterocycles. The number of carbonyl (C=O) groups is 1. The van der Waals surface area contributed by atoms with Crippen LogP contribution in [0.15, 0.2) is 28.7 Å². The predicted molar refractivity (Wildman–Crippen MR) is 103 cm³/mol. The Morgan fingerprint density at radius 2 is 1.93 bits per heavy atom. The van der Waals surface area contributed by atoms with Crippen molar-refractivity contribution in [1.82, 2.24) is 9.88 Å². The summed E-state index contributed by atoms with van der Waals surface area (Å²) in [7, 11) is 0. The van der Waals surface area contributed by atoms with E-state index in [0.717, 1.165) is 54.7 Å². The summed E-state index contributed by atoms with van der Waals surface area (Å²) in [6.45, 7) is 5.61. The van der Waals surface area contributed by atoms with E-state index < -0.39 is 0 Å². The third-order valence-electron chi connectivity index (χ3n) is 5.80. The number of fused-ring (bicyclic) bond motifs is 1. The average molecular weight is 383 g/mol. The van der Waals surface area contributed by atoms with Gasteiger partial charge in [-0.3, -0.25) is 4.79 Å². The maximum atomic E-state index is 13.3. The Bertz CT molecular complexity index is 853. The van der Waals surface area contributed by atoms with E-state index in [9.17, 15) is 4.79 Å². The number of aromatic nitrogens is 1. The molecule has 4 heterocycles. The van der Waals surface area contributed by atoms with Crippen molar-refractivity contribution in [2.75, 3.05) is 51.0 Å². The summed E-state index contributed by atoms with van der Waals surface area (Å²) in [6.07, 6.45) is 1.66. The maximum absolute atomic E-state index is 13.3. The molecule has 28 heavy (non-hydrogen) atoms. The fourth-order valence-corrected chi connectivity index (χ4v) is 4.20. The lowest BCUT2D eigenvalue weighted by Crippen LogP contribution is -2.39. The molecule has 1 amide bonds. The van der Waals surface area contributed by atoms with Crippen LogP contribution in [0.2, 0.25) is 0 Å².